The first-order valence-electron chi connectivity index (χ1n) is 3.84. The van der Waals surface area contributed by atoms with Crippen LogP contribution in [0.1, 0.15) is 5.89 Å². The molecule has 0 fully saturated rings. The third-order valence-electron chi connectivity index (χ3n) is 1.76. The number of nitrogens with zero attached hydrogens (tertiary/aromatic N) is 1. The van der Waals surface area contributed by atoms with Crippen LogP contribution in [0.3, 0.4) is 0 Å². The van der Waals surface area contributed by atoms with E-state index in [1.165, 1.54) is 6.92 Å². The molecule has 14 heavy (non-hydrogen) atoms. The van der Waals surface area contributed by atoms with Crippen molar-refractivity contribution in [1.82, 2.24) is 4.98 Å². The number of aryl methyl sites for hydroxylation is 1. The molecular weight excluding hydrogens is 192 g/mol. The summed E-state index contributed by atoms with van der Waals surface area (Å²) in [4.78, 5) is 14.9. The minimum absolute atomic E-state index is 0.0312. The van der Waals surface area contributed by atoms with Gasteiger partial charge in [0, 0.05) is 19.1 Å². The van der Waals surface area contributed by atoms with Crippen molar-refractivity contribution in [2.75, 3.05) is 0 Å². The van der Waals surface area contributed by atoms with Crippen LogP contribution in [0.15, 0.2) is 21.3 Å². The highest BCUT2D eigenvalue weighted by atomic mass is 19.1. The van der Waals surface area contributed by atoms with E-state index < -0.39 is 17.3 Å². The van der Waals surface area contributed by atoms with Crippen LogP contribution in [0.4, 0.5) is 8.78 Å². The molecule has 0 aliphatic carbocycles. The maximum atomic E-state index is 13.1. The fourth-order valence-electron chi connectivity index (χ4n) is 1.23. The van der Waals surface area contributed by atoms with Crippen LogP contribution in [-0.2, 0) is 0 Å². The van der Waals surface area contributed by atoms with Crippen molar-refractivity contribution >= 4 is 10.9 Å². The summed E-state index contributed by atoms with van der Waals surface area (Å²) in [5.74, 6) is -1.65. The van der Waals surface area contributed by atoms with E-state index in [0.29, 0.717) is 6.07 Å². The lowest BCUT2D eigenvalue weighted by molar-refractivity contribution is 0.463. The molecule has 2 aromatic rings. The average Bonchev–Trinajstić information content (AvgIpc) is 1.99. The first kappa shape index (κ1) is 8.80. The van der Waals surface area contributed by atoms with Gasteiger partial charge in [-0.2, -0.15) is 0 Å². The molecule has 5 heteroatoms. The van der Waals surface area contributed by atoms with Crippen molar-refractivity contribution in [3.63, 3.8) is 0 Å². The van der Waals surface area contributed by atoms with Crippen molar-refractivity contribution in [2.24, 2.45) is 0 Å². The molecule has 1 heterocycles. The molecule has 0 saturated carbocycles. The molecule has 0 atom stereocenters. The monoisotopic (exact) mass is 197 g/mol. The number of benzene rings is 1. The van der Waals surface area contributed by atoms with E-state index >= 15 is 0 Å². The normalized spacial score (nSPS) is 10.8. The second-order valence-corrected chi connectivity index (χ2v) is 2.80. The molecule has 3 nitrogen and oxygen atoms in total. The highest BCUT2D eigenvalue weighted by Gasteiger charge is 2.10. The predicted octanol–water partition coefficient (Wildman–Crippen LogP) is 1.77. The van der Waals surface area contributed by atoms with Crippen molar-refractivity contribution in [3.05, 3.63) is 40.1 Å². The van der Waals surface area contributed by atoms with Gasteiger partial charge in [-0.25, -0.2) is 18.6 Å². The summed E-state index contributed by atoms with van der Waals surface area (Å²) >= 11 is 0. The largest absolute Gasteiger partial charge is 0.408 e. The molecule has 0 amide bonds. The Morgan fingerprint density at radius 1 is 1.36 bits per heavy atom. The minimum Gasteiger partial charge on any atom is -0.408 e. The van der Waals surface area contributed by atoms with Crippen molar-refractivity contribution in [3.8, 4) is 0 Å². The molecule has 0 bridgehead atoms. The Morgan fingerprint density at radius 3 is 2.79 bits per heavy atom. The molecule has 0 N–H and O–H groups in total. The molecule has 0 radical (unpaired) electrons. The summed E-state index contributed by atoms with van der Waals surface area (Å²) < 4.78 is 30.4. The zero-order valence-electron chi connectivity index (χ0n) is 7.17. The van der Waals surface area contributed by atoms with Gasteiger partial charge in [0.2, 0.25) is 0 Å². The summed E-state index contributed by atoms with van der Waals surface area (Å²) in [5, 5.41) is -0.322. The van der Waals surface area contributed by atoms with E-state index in [4.69, 9.17) is 0 Å². The Morgan fingerprint density at radius 2 is 2.07 bits per heavy atom. The van der Waals surface area contributed by atoms with Crippen LogP contribution in [0.5, 0.6) is 0 Å². The zero-order chi connectivity index (χ0) is 10.3. The Labute approximate surface area is 77.0 Å². The quantitative estimate of drug-likeness (QED) is 0.646. The lowest BCUT2D eigenvalue weighted by Crippen LogP contribution is -2.05. The third kappa shape index (κ3) is 1.26. The first-order chi connectivity index (χ1) is 6.58. The van der Waals surface area contributed by atoms with Gasteiger partial charge >= 0.3 is 5.63 Å². The van der Waals surface area contributed by atoms with Crippen LogP contribution in [0, 0.1) is 18.6 Å². The average molecular weight is 197 g/mol. The predicted molar refractivity (Wildman–Crippen MR) is 44.9 cm³/mol. The van der Waals surface area contributed by atoms with Gasteiger partial charge in [-0.15, -0.1) is 0 Å². The van der Waals surface area contributed by atoms with Gasteiger partial charge in [-0.1, -0.05) is 0 Å². The lowest BCUT2D eigenvalue weighted by atomic mass is 10.2. The molecule has 0 unspecified atom stereocenters. The van der Waals surface area contributed by atoms with Crippen LogP contribution in [-0.4, -0.2) is 4.98 Å². The maximum Gasteiger partial charge on any atom is 0.349 e. The van der Waals surface area contributed by atoms with E-state index in [-0.39, 0.29) is 16.8 Å². The minimum atomic E-state index is -0.957. The lowest BCUT2D eigenvalue weighted by Gasteiger charge is -1.98. The fourth-order valence-corrected chi connectivity index (χ4v) is 1.23. The van der Waals surface area contributed by atoms with E-state index in [2.05, 4.69) is 9.40 Å². The maximum absolute atomic E-state index is 13.1. The standard InChI is InChI=1S/C9H5F2NO2/c1-4-12-7-3-5(10)2-6(11)8(7)9(13)14-4/h2-3H,1H3. The SMILES string of the molecule is Cc1nc2cc(F)cc(F)c2c(=O)o1. The van der Waals surface area contributed by atoms with Gasteiger partial charge in [0.25, 0.3) is 0 Å². The highest BCUT2D eigenvalue weighted by Crippen LogP contribution is 2.14. The van der Waals surface area contributed by atoms with E-state index in [1.807, 2.05) is 0 Å². The summed E-state index contributed by atoms with van der Waals surface area (Å²) in [6.07, 6.45) is 0. The van der Waals surface area contributed by atoms with Gasteiger partial charge in [0.15, 0.2) is 5.89 Å². The van der Waals surface area contributed by atoms with E-state index in [0.717, 1.165) is 6.07 Å². The second-order valence-electron chi connectivity index (χ2n) is 2.80. The third-order valence-corrected chi connectivity index (χ3v) is 1.76. The number of hydrogen-bond donors (Lipinski definition) is 0. The molecule has 0 aliphatic heterocycles. The molecule has 72 valence electrons. The first-order valence-corrected chi connectivity index (χ1v) is 3.84. The fraction of sp³-hybridized carbons (Fsp3) is 0.111. The molecule has 0 aliphatic rings. The molecular formula is C9H5F2NO2. The Hall–Kier alpha value is -1.78. The van der Waals surface area contributed by atoms with Gasteiger partial charge < -0.3 is 4.42 Å². The molecule has 1 aromatic carbocycles. The molecule has 0 spiro atoms. The van der Waals surface area contributed by atoms with Gasteiger partial charge in [0.05, 0.1) is 5.52 Å². The van der Waals surface area contributed by atoms with Crippen molar-refractivity contribution in [2.45, 2.75) is 6.92 Å². The van der Waals surface area contributed by atoms with E-state index in [9.17, 15) is 13.6 Å². The van der Waals surface area contributed by atoms with Crippen molar-refractivity contribution < 1.29 is 13.2 Å². The highest BCUT2D eigenvalue weighted by molar-refractivity contribution is 5.77. The zero-order valence-corrected chi connectivity index (χ0v) is 7.17. The van der Waals surface area contributed by atoms with Gasteiger partial charge in [-0.3, -0.25) is 0 Å². The Balaban J connectivity index is 3.02. The van der Waals surface area contributed by atoms with Gasteiger partial charge in [-0.05, 0) is 0 Å². The summed E-state index contributed by atoms with van der Waals surface area (Å²) in [5.41, 5.74) is -0.874. The summed E-state index contributed by atoms with van der Waals surface area (Å²) in [6, 6.07) is 1.61. The number of hydrogen-bond acceptors (Lipinski definition) is 3. The van der Waals surface area contributed by atoms with Crippen LogP contribution in [0.2, 0.25) is 0 Å². The smallest absolute Gasteiger partial charge is 0.349 e. The van der Waals surface area contributed by atoms with E-state index in [1.54, 1.807) is 0 Å². The van der Waals surface area contributed by atoms with Crippen molar-refractivity contribution in [1.29, 1.82) is 0 Å². The molecule has 0 saturated heterocycles. The molecule has 1 aromatic heterocycles. The number of aromatic nitrogens is 1. The molecule has 2 rings (SSSR count). The number of halogens is 2. The van der Waals surface area contributed by atoms with Crippen LogP contribution < -0.4 is 5.63 Å². The second kappa shape index (κ2) is 2.87. The number of fused-ring (bicyclic) bond motifs is 1. The Kier molecular flexibility index (Phi) is 1.80. The topological polar surface area (TPSA) is 43.1 Å². The van der Waals surface area contributed by atoms with Crippen LogP contribution in [0.25, 0.3) is 10.9 Å². The Bertz CT molecular complexity index is 557. The van der Waals surface area contributed by atoms with Crippen LogP contribution >= 0.6 is 0 Å². The summed E-state index contributed by atoms with van der Waals surface area (Å²) in [7, 11) is 0. The summed E-state index contributed by atoms with van der Waals surface area (Å²) in [6.45, 7) is 1.43. The van der Waals surface area contributed by atoms with Gasteiger partial charge in [0.1, 0.15) is 17.0 Å². The number of rotatable bonds is 0.